The number of aliphatic carboxylic acids is 1. The summed E-state index contributed by atoms with van der Waals surface area (Å²) in [5.74, 6) is -0.860. The minimum Gasteiger partial charge on any atom is -0.481 e. The van der Waals surface area contributed by atoms with Crippen LogP contribution >= 0.6 is 11.6 Å². The Morgan fingerprint density at radius 3 is 1.24 bits per heavy atom. The predicted octanol–water partition coefficient (Wildman–Crippen LogP) is 9.13. The molecule has 0 saturated carbocycles. The number of carbonyl (C=O) groups is 2. The number of carboxylic acid groups (broad SMARTS) is 1. The van der Waals surface area contributed by atoms with Gasteiger partial charge in [0, 0.05) is 6.42 Å². The molecule has 0 bridgehead atoms. The lowest BCUT2D eigenvalue weighted by Gasteiger charge is -2.29. The van der Waals surface area contributed by atoms with Crippen molar-refractivity contribution in [1.29, 1.82) is 0 Å². The number of carboxylic acids is 1. The van der Waals surface area contributed by atoms with E-state index in [2.05, 4.69) is 18.7 Å². The first kappa shape index (κ1) is 33.4. The lowest BCUT2D eigenvalue weighted by molar-refractivity contribution is -0.137. The summed E-state index contributed by atoms with van der Waals surface area (Å²) < 4.78 is 0. The number of hydrogen-bond donors (Lipinski definition) is 1. The van der Waals surface area contributed by atoms with E-state index in [1.165, 1.54) is 116 Å². The Hall–Kier alpha value is -0.610. The monoisotopic (exact) mass is 501 g/mol. The van der Waals surface area contributed by atoms with E-state index in [1.54, 1.807) is 0 Å². The third-order valence-electron chi connectivity index (χ3n) is 6.93. The first-order valence-electron chi connectivity index (χ1n) is 14.7. The van der Waals surface area contributed by atoms with Gasteiger partial charge in [0.1, 0.15) is 0 Å². The van der Waals surface area contributed by atoms with Crippen molar-refractivity contribution in [1.82, 2.24) is 4.90 Å². The van der Waals surface area contributed by atoms with Crippen molar-refractivity contribution in [2.75, 3.05) is 13.1 Å². The van der Waals surface area contributed by atoms with Gasteiger partial charge in [0.25, 0.3) is 0 Å². The second kappa shape index (κ2) is 25.5. The van der Waals surface area contributed by atoms with Crippen molar-refractivity contribution >= 4 is 22.8 Å². The van der Waals surface area contributed by atoms with Crippen LogP contribution in [-0.4, -0.2) is 40.3 Å². The van der Waals surface area contributed by atoms with Crippen LogP contribution in [0.4, 0.5) is 0 Å². The lowest BCUT2D eigenvalue weighted by atomic mass is 10.0. The number of rotatable bonds is 27. The molecule has 0 spiro atoms. The minimum absolute atomic E-state index is 0.00428. The Balaban J connectivity index is 4.22. The maximum atomic E-state index is 12.1. The van der Waals surface area contributed by atoms with Gasteiger partial charge in [0.05, 0.1) is 6.04 Å². The van der Waals surface area contributed by atoms with Gasteiger partial charge in [-0.2, -0.15) is 0 Å². The second-order valence-electron chi connectivity index (χ2n) is 10.2. The zero-order valence-corrected chi connectivity index (χ0v) is 23.4. The highest BCUT2D eigenvalue weighted by Gasteiger charge is 2.24. The van der Waals surface area contributed by atoms with E-state index in [-0.39, 0.29) is 6.42 Å². The van der Waals surface area contributed by atoms with E-state index in [9.17, 15) is 9.59 Å². The normalized spacial score (nSPS) is 12.4. The van der Waals surface area contributed by atoms with Crippen LogP contribution in [-0.2, 0) is 9.59 Å². The maximum Gasteiger partial charge on any atom is 0.303 e. The van der Waals surface area contributed by atoms with Crippen LogP contribution in [0.15, 0.2) is 0 Å². The molecule has 0 saturated heterocycles. The molecule has 1 atom stereocenters. The van der Waals surface area contributed by atoms with E-state index in [0.717, 1.165) is 25.9 Å². The summed E-state index contributed by atoms with van der Waals surface area (Å²) in [6, 6.07) is -0.463. The van der Waals surface area contributed by atoms with Gasteiger partial charge >= 0.3 is 5.97 Å². The summed E-state index contributed by atoms with van der Waals surface area (Å²) in [5.41, 5.74) is 0. The Morgan fingerprint density at radius 1 is 0.618 bits per heavy atom. The van der Waals surface area contributed by atoms with Crippen LogP contribution in [0.1, 0.15) is 155 Å². The quantitative estimate of drug-likeness (QED) is 0.0899. The molecule has 0 radical (unpaired) electrons. The molecule has 202 valence electrons. The lowest BCUT2D eigenvalue weighted by Crippen LogP contribution is -2.41. The third kappa shape index (κ3) is 21.9. The van der Waals surface area contributed by atoms with Gasteiger partial charge in [0.15, 0.2) is 0 Å². The predicted molar refractivity (Wildman–Crippen MR) is 147 cm³/mol. The SMILES string of the molecule is CCCCCCCCCCCCN(CCCCCCCCCCCC)[C@H](CCC(=O)O)C(=O)Cl. The molecule has 0 unspecified atom stereocenters. The van der Waals surface area contributed by atoms with Crippen molar-refractivity contribution in [2.45, 2.75) is 161 Å². The Labute approximate surface area is 216 Å². The topological polar surface area (TPSA) is 57.6 Å². The van der Waals surface area contributed by atoms with E-state index in [0.29, 0.717) is 6.42 Å². The average molecular weight is 502 g/mol. The largest absolute Gasteiger partial charge is 0.481 e. The molecule has 0 aliphatic carbocycles. The third-order valence-corrected chi connectivity index (χ3v) is 7.18. The molecule has 0 aromatic rings. The zero-order chi connectivity index (χ0) is 25.3. The van der Waals surface area contributed by atoms with Crippen LogP contribution in [0.3, 0.4) is 0 Å². The highest BCUT2D eigenvalue weighted by Crippen LogP contribution is 2.17. The van der Waals surface area contributed by atoms with E-state index < -0.39 is 17.3 Å². The van der Waals surface area contributed by atoms with Crippen LogP contribution in [0.5, 0.6) is 0 Å². The molecule has 4 nitrogen and oxygen atoms in total. The van der Waals surface area contributed by atoms with Crippen LogP contribution < -0.4 is 0 Å². The van der Waals surface area contributed by atoms with Crippen LogP contribution in [0.25, 0.3) is 0 Å². The average Bonchev–Trinajstić information content (AvgIpc) is 2.80. The smallest absolute Gasteiger partial charge is 0.303 e. The fourth-order valence-electron chi connectivity index (χ4n) is 4.73. The van der Waals surface area contributed by atoms with Crippen LogP contribution in [0.2, 0.25) is 0 Å². The molecule has 0 aromatic heterocycles. The van der Waals surface area contributed by atoms with Crippen LogP contribution in [0, 0.1) is 0 Å². The number of hydrogen-bond acceptors (Lipinski definition) is 3. The van der Waals surface area contributed by atoms with Gasteiger partial charge in [-0.05, 0) is 44.0 Å². The summed E-state index contributed by atoms with van der Waals surface area (Å²) >= 11 is 5.92. The summed E-state index contributed by atoms with van der Waals surface area (Å²) in [4.78, 5) is 25.3. The molecule has 0 amide bonds. The Bertz CT molecular complexity index is 448. The van der Waals surface area contributed by atoms with E-state index in [4.69, 9.17) is 16.7 Å². The Morgan fingerprint density at radius 2 is 0.941 bits per heavy atom. The maximum absolute atomic E-state index is 12.1. The highest BCUT2D eigenvalue weighted by atomic mass is 35.5. The van der Waals surface area contributed by atoms with E-state index in [1.807, 2.05) is 0 Å². The fourth-order valence-corrected chi connectivity index (χ4v) is 4.98. The Kier molecular flexibility index (Phi) is 25.0. The van der Waals surface area contributed by atoms with Gasteiger partial charge in [0.2, 0.25) is 5.24 Å². The summed E-state index contributed by atoms with van der Waals surface area (Å²) in [5, 5.41) is 8.68. The molecule has 0 aliphatic heterocycles. The number of unbranched alkanes of at least 4 members (excludes halogenated alkanes) is 18. The molecule has 0 aliphatic rings. The van der Waals surface area contributed by atoms with Gasteiger partial charge in [-0.1, -0.05) is 129 Å². The first-order valence-corrected chi connectivity index (χ1v) is 15.1. The van der Waals surface area contributed by atoms with Crippen molar-refractivity contribution in [3.63, 3.8) is 0 Å². The summed E-state index contributed by atoms with van der Waals surface area (Å²) in [6.07, 6.45) is 26.0. The molecule has 0 rings (SSSR count). The summed E-state index contributed by atoms with van der Waals surface area (Å²) in [6.45, 7) is 6.20. The molecule has 0 fully saturated rings. The number of carbonyl (C=O) groups excluding carboxylic acids is 1. The van der Waals surface area contributed by atoms with Crippen molar-refractivity contribution in [2.24, 2.45) is 0 Å². The first-order chi connectivity index (χ1) is 16.5. The molecule has 0 aromatic carbocycles. The molecular weight excluding hydrogens is 446 g/mol. The second-order valence-corrected chi connectivity index (χ2v) is 10.5. The molecule has 1 N–H and O–H groups in total. The van der Waals surface area contributed by atoms with Crippen molar-refractivity contribution in [3.8, 4) is 0 Å². The van der Waals surface area contributed by atoms with E-state index >= 15 is 0 Å². The van der Waals surface area contributed by atoms with Gasteiger partial charge < -0.3 is 5.11 Å². The molecular formula is C29H56ClNO3. The minimum atomic E-state index is -0.860. The zero-order valence-electron chi connectivity index (χ0n) is 22.6. The van der Waals surface area contributed by atoms with Gasteiger partial charge in [-0.3, -0.25) is 14.5 Å². The van der Waals surface area contributed by atoms with Gasteiger partial charge in [-0.25, -0.2) is 0 Å². The standard InChI is InChI=1S/C29H56ClNO3/c1-3-5-7-9-11-13-15-17-19-21-25-31(27(29(30)34)23-24-28(32)33)26-22-20-18-16-14-12-10-8-6-4-2/h27H,3-26H2,1-2H3,(H,32,33)/t27-/m1/s1. The fraction of sp³-hybridized carbons (Fsp3) is 0.931. The van der Waals surface area contributed by atoms with Crippen molar-refractivity contribution in [3.05, 3.63) is 0 Å². The molecule has 5 heteroatoms. The van der Waals surface area contributed by atoms with Crippen molar-refractivity contribution < 1.29 is 14.7 Å². The highest BCUT2D eigenvalue weighted by molar-refractivity contribution is 6.64. The summed E-state index contributed by atoms with van der Waals surface area (Å²) in [7, 11) is 0. The molecule has 0 heterocycles. The number of halogens is 1. The molecule has 34 heavy (non-hydrogen) atoms. The number of nitrogens with zero attached hydrogens (tertiary/aromatic N) is 1. The van der Waals surface area contributed by atoms with Gasteiger partial charge in [-0.15, -0.1) is 0 Å².